The summed E-state index contributed by atoms with van der Waals surface area (Å²) in [5, 5.41) is 20.5. The highest BCUT2D eigenvalue weighted by atomic mass is 79.9. The quantitative estimate of drug-likeness (QED) is 0.202. The van der Waals surface area contributed by atoms with Crippen molar-refractivity contribution in [2.45, 2.75) is 41.5 Å². The van der Waals surface area contributed by atoms with Crippen LogP contribution in [0.2, 0.25) is 0 Å². The number of ether oxygens (including phenoxy) is 3. The minimum Gasteiger partial charge on any atom is -0.508 e. The number of allylic oxidation sites excluding steroid dienone is 2. The van der Waals surface area contributed by atoms with Crippen LogP contribution in [-0.2, 0) is 14.3 Å². The molecular weight excluding hydrogens is 560 g/mol. The van der Waals surface area contributed by atoms with Gasteiger partial charge in [-0.3, -0.25) is 14.4 Å². The van der Waals surface area contributed by atoms with Crippen molar-refractivity contribution in [3.8, 4) is 17.2 Å². The summed E-state index contributed by atoms with van der Waals surface area (Å²) in [7, 11) is 1.24. The standard InChI is InChI=1S/C28H27BrO9/c1-11-8-19(12(2)13(3)21(11)16(6)30)37-27(34)22-14(4)15(5)26(24(29)25(22)33)38-28(35)23-18(32)9-17(31)10-20(23)36-7/h8-10,23,31,33H,1-7H3. The first-order valence-corrected chi connectivity index (χ1v) is 12.3. The van der Waals surface area contributed by atoms with Gasteiger partial charge in [0.1, 0.15) is 33.1 Å². The average Bonchev–Trinajstić information content (AvgIpc) is 2.82. The zero-order valence-electron chi connectivity index (χ0n) is 21.9. The fourth-order valence-electron chi connectivity index (χ4n) is 4.34. The van der Waals surface area contributed by atoms with Crippen LogP contribution in [0.15, 0.2) is 34.2 Å². The number of phenols is 1. The maximum atomic E-state index is 13.2. The van der Waals surface area contributed by atoms with E-state index in [4.69, 9.17) is 14.2 Å². The number of ketones is 2. The van der Waals surface area contributed by atoms with Gasteiger partial charge in [0.05, 0.1) is 7.11 Å². The third-order valence-electron chi connectivity index (χ3n) is 6.55. The molecule has 10 heteroatoms. The molecule has 2 aromatic carbocycles. The van der Waals surface area contributed by atoms with Crippen LogP contribution < -0.4 is 9.47 Å². The largest absolute Gasteiger partial charge is 0.508 e. The van der Waals surface area contributed by atoms with Gasteiger partial charge in [0.2, 0.25) is 0 Å². The number of hydrogen-bond donors (Lipinski definition) is 2. The number of aryl methyl sites for hydroxylation is 1. The zero-order chi connectivity index (χ0) is 28.6. The molecule has 3 rings (SSSR count). The maximum absolute atomic E-state index is 13.2. The summed E-state index contributed by atoms with van der Waals surface area (Å²) in [6, 6.07) is 1.59. The van der Waals surface area contributed by atoms with E-state index in [-0.39, 0.29) is 44.4 Å². The Bertz CT molecular complexity index is 1430. The number of halogens is 1. The summed E-state index contributed by atoms with van der Waals surface area (Å²) in [4.78, 5) is 50.5. The molecule has 200 valence electrons. The summed E-state index contributed by atoms with van der Waals surface area (Å²) in [5.74, 6) is -5.00. The number of aliphatic hydroxyl groups is 1. The smallest absolute Gasteiger partial charge is 0.347 e. The molecule has 0 aliphatic heterocycles. The van der Waals surface area contributed by atoms with Crippen molar-refractivity contribution in [3.63, 3.8) is 0 Å². The second-order valence-corrected chi connectivity index (χ2v) is 9.75. The van der Waals surface area contributed by atoms with Gasteiger partial charge in [0.15, 0.2) is 23.2 Å². The number of aliphatic hydroxyl groups excluding tert-OH is 1. The lowest BCUT2D eigenvalue weighted by molar-refractivity contribution is -0.142. The van der Waals surface area contributed by atoms with Crippen LogP contribution in [0, 0.1) is 40.5 Å². The van der Waals surface area contributed by atoms with Gasteiger partial charge < -0.3 is 24.4 Å². The predicted octanol–water partition coefficient (Wildman–Crippen LogP) is 5.20. The van der Waals surface area contributed by atoms with Crippen LogP contribution in [0.25, 0.3) is 0 Å². The predicted molar refractivity (Wildman–Crippen MR) is 141 cm³/mol. The Kier molecular flexibility index (Phi) is 8.16. The Hall–Kier alpha value is -3.92. The minimum atomic E-state index is -1.46. The van der Waals surface area contributed by atoms with Gasteiger partial charge in [-0.15, -0.1) is 0 Å². The van der Waals surface area contributed by atoms with Crippen LogP contribution in [0.3, 0.4) is 0 Å². The molecule has 0 aromatic heterocycles. The number of benzene rings is 2. The third kappa shape index (κ3) is 5.08. The lowest BCUT2D eigenvalue weighted by Gasteiger charge is -2.21. The van der Waals surface area contributed by atoms with E-state index in [9.17, 15) is 29.4 Å². The van der Waals surface area contributed by atoms with Crippen molar-refractivity contribution < 1.29 is 43.6 Å². The summed E-state index contributed by atoms with van der Waals surface area (Å²) >= 11 is 3.19. The van der Waals surface area contributed by atoms with E-state index in [1.165, 1.54) is 14.0 Å². The number of esters is 2. The molecule has 1 aliphatic carbocycles. The van der Waals surface area contributed by atoms with Crippen molar-refractivity contribution >= 4 is 39.4 Å². The number of carbonyl (C=O) groups is 4. The first-order chi connectivity index (χ1) is 17.7. The van der Waals surface area contributed by atoms with Gasteiger partial charge in [-0.05, 0) is 91.4 Å². The number of aromatic hydroxyl groups is 1. The third-order valence-corrected chi connectivity index (χ3v) is 7.29. The van der Waals surface area contributed by atoms with Crippen molar-refractivity contribution in [2.24, 2.45) is 5.92 Å². The molecule has 0 spiro atoms. The summed E-state index contributed by atoms with van der Waals surface area (Å²) < 4.78 is 16.1. The monoisotopic (exact) mass is 586 g/mol. The summed E-state index contributed by atoms with van der Waals surface area (Å²) in [6.45, 7) is 9.82. The number of carbonyl (C=O) groups excluding carboxylic acids is 4. The summed E-state index contributed by atoms with van der Waals surface area (Å²) in [6.07, 6.45) is 2.01. The fourth-order valence-corrected chi connectivity index (χ4v) is 4.92. The van der Waals surface area contributed by atoms with Crippen molar-refractivity contribution in [3.05, 3.63) is 73.2 Å². The Labute approximate surface area is 227 Å². The Morgan fingerprint density at radius 1 is 0.895 bits per heavy atom. The van der Waals surface area contributed by atoms with Crippen LogP contribution >= 0.6 is 15.9 Å². The van der Waals surface area contributed by atoms with Crippen LogP contribution in [0.1, 0.15) is 55.5 Å². The van der Waals surface area contributed by atoms with E-state index in [1.807, 2.05) is 0 Å². The normalized spacial score (nSPS) is 14.9. The molecule has 2 N–H and O–H groups in total. The van der Waals surface area contributed by atoms with Gasteiger partial charge in [-0.1, -0.05) is 0 Å². The topological polar surface area (TPSA) is 136 Å². The molecule has 0 heterocycles. The van der Waals surface area contributed by atoms with E-state index >= 15 is 0 Å². The number of hydrogen-bond acceptors (Lipinski definition) is 9. The Morgan fingerprint density at radius 3 is 2.08 bits per heavy atom. The van der Waals surface area contributed by atoms with Crippen LogP contribution in [-0.4, -0.2) is 40.8 Å². The summed E-state index contributed by atoms with van der Waals surface area (Å²) in [5.41, 5.74) is 2.94. The highest BCUT2D eigenvalue weighted by Crippen LogP contribution is 2.43. The lowest BCUT2D eigenvalue weighted by Crippen LogP contribution is -2.32. The van der Waals surface area contributed by atoms with Crippen LogP contribution in [0.5, 0.6) is 17.2 Å². The first-order valence-electron chi connectivity index (χ1n) is 11.5. The SMILES string of the molecule is COC1=CC(O)=CC(=O)C1C(=O)Oc1c(C)c(C)c(C(=O)Oc2cc(C)c(C(C)=O)c(C)c2C)c(O)c1Br. The van der Waals surface area contributed by atoms with Crippen LogP contribution in [0.4, 0.5) is 0 Å². The minimum absolute atomic E-state index is 0.0958. The fraction of sp³-hybridized carbons (Fsp3) is 0.286. The van der Waals surface area contributed by atoms with Crippen molar-refractivity contribution in [1.82, 2.24) is 0 Å². The molecule has 1 aliphatic rings. The molecule has 0 amide bonds. The molecule has 1 atom stereocenters. The van der Waals surface area contributed by atoms with E-state index in [0.717, 1.165) is 12.2 Å². The first kappa shape index (κ1) is 28.6. The average molecular weight is 587 g/mol. The molecule has 0 radical (unpaired) electrons. The molecule has 2 aromatic rings. The zero-order valence-corrected chi connectivity index (χ0v) is 23.5. The molecule has 9 nitrogen and oxygen atoms in total. The molecule has 0 fully saturated rings. The highest BCUT2D eigenvalue weighted by molar-refractivity contribution is 9.10. The lowest BCUT2D eigenvalue weighted by atomic mass is 9.95. The maximum Gasteiger partial charge on any atom is 0.347 e. The van der Waals surface area contributed by atoms with E-state index < -0.39 is 29.4 Å². The molecular formula is C28H27BrO9. The molecule has 0 bridgehead atoms. The van der Waals surface area contributed by atoms with E-state index in [0.29, 0.717) is 27.8 Å². The van der Waals surface area contributed by atoms with Crippen molar-refractivity contribution in [1.29, 1.82) is 0 Å². The van der Waals surface area contributed by atoms with E-state index in [2.05, 4.69) is 15.9 Å². The van der Waals surface area contributed by atoms with Gasteiger partial charge in [-0.2, -0.15) is 0 Å². The molecule has 38 heavy (non-hydrogen) atoms. The highest BCUT2D eigenvalue weighted by Gasteiger charge is 2.37. The van der Waals surface area contributed by atoms with Gasteiger partial charge in [0, 0.05) is 17.7 Å². The van der Waals surface area contributed by atoms with E-state index in [1.54, 1.807) is 40.7 Å². The van der Waals surface area contributed by atoms with Gasteiger partial charge in [-0.25, -0.2) is 4.79 Å². The molecule has 1 unspecified atom stereocenters. The van der Waals surface area contributed by atoms with Crippen molar-refractivity contribution in [2.75, 3.05) is 7.11 Å². The second kappa shape index (κ2) is 10.8. The van der Waals surface area contributed by atoms with Gasteiger partial charge >= 0.3 is 11.9 Å². The number of methoxy groups -OCH3 is 1. The Morgan fingerprint density at radius 2 is 1.50 bits per heavy atom. The number of phenolic OH excluding ortho intramolecular Hbond substituents is 1. The molecule has 0 saturated heterocycles. The second-order valence-electron chi connectivity index (χ2n) is 8.96. The number of Topliss-reactive ketones (excluding diaryl/α,β-unsaturated/α-hetero) is 1. The Balaban J connectivity index is 1.98. The molecule has 0 saturated carbocycles. The van der Waals surface area contributed by atoms with Gasteiger partial charge in [0.25, 0.3) is 0 Å². The number of rotatable bonds is 6.